The van der Waals surface area contributed by atoms with Gasteiger partial charge in [0.1, 0.15) is 0 Å². The molecule has 1 unspecified atom stereocenters. The minimum absolute atomic E-state index is 0.0916. The highest BCUT2D eigenvalue weighted by Gasteiger charge is 2.22. The zero-order valence-electron chi connectivity index (χ0n) is 15.1. The van der Waals surface area contributed by atoms with Crippen molar-refractivity contribution in [3.63, 3.8) is 0 Å². The topological polar surface area (TPSA) is 79.0 Å². The second-order valence-electron chi connectivity index (χ2n) is 6.33. The van der Waals surface area contributed by atoms with E-state index >= 15 is 0 Å². The van der Waals surface area contributed by atoms with Crippen LogP contribution in [0.15, 0.2) is 29.2 Å². The summed E-state index contributed by atoms with van der Waals surface area (Å²) in [5.74, 6) is 0. The van der Waals surface area contributed by atoms with E-state index in [1.165, 1.54) is 6.26 Å². The Morgan fingerprint density at radius 1 is 1.20 bits per heavy atom. The van der Waals surface area contributed by atoms with E-state index in [0.717, 1.165) is 25.2 Å². The molecule has 25 heavy (non-hydrogen) atoms. The summed E-state index contributed by atoms with van der Waals surface area (Å²) < 4.78 is 28.1. The number of nitrogens with zero attached hydrogens (tertiary/aromatic N) is 2. The van der Waals surface area contributed by atoms with Crippen LogP contribution in [-0.2, 0) is 14.6 Å². The molecule has 1 aliphatic rings. The number of methoxy groups -OCH3 is 1. The lowest BCUT2D eigenvalue weighted by atomic mass is 10.1. The summed E-state index contributed by atoms with van der Waals surface area (Å²) in [7, 11) is -1.52. The summed E-state index contributed by atoms with van der Waals surface area (Å²) in [5.41, 5.74) is 0.875. The average Bonchev–Trinajstić information content (AvgIpc) is 2.59. The first kappa shape index (κ1) is 19.7. The first-order valence-corrected chi connectivity index (χ1v) is 10.3. The molecular formula is C17H27N3O4S. The van der Waals surface area contributed by atoms with Gasteiger partial charge in [0.25, 0.3) is 0 Å². The predicted octanol–water partition coefficient (Wildman–Crippen LogP) is 1.12. The van der Waals surface area contributed by atoms with Gasteiger partial charge in [-0.15, -0.1) is 0 Å². The minimum Gasteiger partial charge on any atom is -0.383 e. The molecule has 0 radical (unpaired) electrons. The van der Waals surface area contributed by atoms with Crippen molar-refractivity contribution in [2.45, 2.75) is 17.9 Å². The lowest BCUT2D eigenvalue weighted by Crippen LogP contribution is -2.52. The number of sulfone groups is 1. The van der Waals surface area contributed by atoms with Gasteiger partial charge in [-0.3, -0.25) is 4.90 Å². The summed E-state index contributed by atoms with van der Waals surface area (Å²) >= 11 is 0. The summed E-state index contributed by atoms with van der Waals surface area (Å²) in [6, 6.07) is 6.34. The molecule has 1 heterocycles. The van der Waals surface area contributed by atoms with Gasteiger partial charge in [0.15, 0.2) is 9.84 Å². The van der Waals surface area contributed by atoms with Crippen molar-refractivity contribution >= 4 is 15.9 Å². The Bertz CT molecular complexity index is 668. The zero-order chi connectivity index (χ0) is 18.4. The van der Waals surface area contributed by atoms with Crippen molar-refractivity contribution in [2.75, 3.05) is 52.7 Å². The molecule has 2 amide bonds. The van der Waals surface area contributed by atoms with E-state index in [1.807, 2.05) is 11.8 Å². The lowest BCUT2D eigenvalue weighted by Gasteiger charge is -2.35. The molecule has 1 aromatic carbocycles. The van der Waals surface area contributed by atoms with E-state index in [0.29, 0.717) is 19.7 Å². The molecule has 8 heteroatoms. The van der Waals surface area contributed by atoms with Crippen LogP contribution >= 0.6 is 0 Å². The number of nitrogens with one attached hydrogen (secondary N) is 1. The molecule has 0 bridgehead atoms. The Labute approximate surface area is 149 Å². The third-order valence-corrected chi connectivity index (χ3v) is 5.55. The summed E-state index contributed by atoms with van der Waals surface area (Å²) in [6.45, 7) is 6.54. The molecule has 0 saturated carbocycles. The molecule has 1 atom stereocenters. The third kappa shape index (κ3) is 5.69. The molecule has 140 valence electrons. The molecule has 1 aromatic rings. The number of amides is 2. The maximum absolute atomic E-state index is 12.4. The molecule has 1 saturated heterocycles. The SMILES string of the molecule is COCCN1CCN(C(=O)NC(C)c2ccc(S(C)(=O)=O)cc2)CC1. The van der Waals surface area contributed by atoms with E-state index in [-0.39, 0.29) is 17.0 Å². The molecule has 0 aromatic heterocycles. The van der Waals surface area contributed by atoms with Gasteiger partial charge in [-0.05, 0) is 24.6 Å². The number of hydrogen-bond acceptors (Lipinski definition) is 5. The van der Waals surface area contributed by atoms with Crippen LogP contribution in [0.3, 0.4) is 0 Å². The fourth-order valence-electron chi connectivity index (χ4n) is 2.76. The normalized spacial score (nSPS) is 17.3. The van der Waals surface area contributed by atoms with Gasteiger partial charge in [0.2, 0.25) is 0 Å². The predicted molar refractivity (Wildman–Crippen MR) is 96.4 cm³/mol. The molecule has 0 spiro atoms. The number of ether oxygens (including phenoxy) is 1. The van der Waals surface area contributed by atoms with Gasteiger partial charge in [-0.25, -0.2) is 13.2 Å². The Kier molecular flexibility index (Phi) is 6.80. The molecule has 1 fully saturated rings. The Hall–Kier alpha value is -1.64. The van der Waals surface area contributed by atoms with Crippen molar-refractivity contribution in [3.8, 4) is 0 Å². The highest BCUT2D eigenvalue weighted by molar-refractivity contribution is 7.90. The van der Waals surface area contributed by atoms with E-state index in [2.05, 4.69) is 10.2 Å². The Balaban J connectivity index is 1.86. The number of rotatable bonds is 6. The largest absolute Gasteiger partial charge is 0.383 e. The minimum atomic E-state index is -3.21. The second kappa shape index (κ2) is 8.64. The number of carbonyl (C=O) groups excluding carboxylic acids is 1. The maximum Gasteiger partial charge on any atom is 0.317 e. The number of carbonyl (C=O) groups is 1. The molecular weight excluding hydrogens is 342 g/mol. The van der Waals surface area contributed by atoms with Gasteiger partial charge in [0.05, 0.1) is 17.5 Å². The average molecular weight is 369 g/mol. The number of hydrogen-bond donors (Lipinski definition) is 1. The summed E-state index contributed by atoms with van der Waals surface area (Å²) in [5, 5.41) is 2.98. The van der Waals surface area contributed by atoms with Crippen LogP contribution in [0, 0.1) is 0 Å². The van der Waals surface area contributed by atoms with Gasteiger partial charge in [-0.2, -0.15) is 0 Å². The fourth-order valence-corrected chi connectivity index (χ4v) is 3.39. The Morgan fingerprint density at radius 3 is 2.32 bits per heavy atom. The number of benzene rings is 1. The molecule has 7 nitrogen and oxygen atoms in total. The Morgan fingerprint density at radius 2 is 1.80 bits per heavy atom. The van der Waals surface area contributed by atoms with Gasteiger partial charge in [0, 0.05) is 46.1 Å². The highest BCUT2D eigenvalue weighted by atomic mass is 32.2. The van der Waals surface area contributed by atoms with Crippen LogP contribution in [0.25, 0.3) is 0 Å². The van der Waals surface area contributed by atoms with Gasteiger partial charge < -0.3 is 15.0 Å². The summed E-state index contributed by atoms with van der Waals surface area (Å²) in [4.78, 5) is 16.8. The van der Waals surface area contributed by atoms with Crippen LogP contribution in [0.2, 0.25) is 0 Å². The molecule has 1 aliphatic heterocycles. The van der Waals surface area contributed by atoms with E-state index in [1.54, 1.807) is 31.4 Å². The smallest absolute Gasteiger partial charge is 0.317 e. The van der Waals surface area contributed by atoms with E-state index < -0.39 is 9.84 Å². The van der Waals surface area contributed by atoms with Gasteiger partial charge >= 0.3 is 6.03 Å². The van der Waals surface area contributed by atoms with Crippen molar-refractivity contribution in [1.82, 2.24) is 15.1 Å². The quantitative estimate of drug-likeness (QED) is 0.813. The number of piperazine rings is 1. The van der Waals surface area contributed by atoms with Crippen molar-refractivity contribution in [1.29, 1.82) is 0 Å². The highest BCUT2D eigenvalue weighted by Crippen LogP contribution is 2.16. The maximum atomic E-state index is 12.4. The van der Waals surface area contributed by atoms with Crippen molar-refractivity contribution < 1.29 is 17.9 Å². The zero-order valence-corrected chi connectivity index (χ0v) is 15.9. The van der Waals surface area contributed by atoms with Crippen molar-refractivity contribution in [3.05, 3.63) is 29.8 Å². The first-order chi connectivity index (χ1) is 11.8. The van der Waals surface area contributed by atoms with Crippen LogP contribution in [0.1, 0.15) is 18.5 Å². The first-order valence-electron chi connectivity index (χ1n) is 8.38. The fraction of sp³-hybridized carbons (Fsp3) is 0.588. The van der Waals surface area contributed by atoms with Crippen LogP contribution in [0.5, 0.6) is 0 Å². The molecule has 1 N–H and O–H groups in total. The molecule has 2 rings (SSSR count). The van der Waals surface area contributed by atoms with Crippen LogP contribution in [0.4, 0.5) is 4.79 Å². The number of urea groups is 1. The van der Waals surface area contributed by atoms with E-state index in [9.17, 15) is 13.2 Å². The monoisotopic (exact) mass is 369 g/mol. The second-order valence-corrected chi connectivity index (χ2v) is 8.35. The lowest BCUT2D eigenvalue weighted by molar-refractivity contribution is 0.105. The third-order valence-electron chi connectivity index (χ3n) is 4.42. The van der Waals surface area contributed by atoms with Crippen LogP contribution in [-0.4, -0.2) is 76.9 Å². The van der Waals surface area contributed by atoms with Crippen LogP contribution < -0.4 is 5.32 Å². The van der Waals surface area contributed by atoms with E-state index in [4.69, 9.17) is 4.74 Å². The summed E-state index contributed by atoms with van der Waals surface area (Å²) in [6.07, 6.45) is 1.18. The van der Waals surface area contributed by atoms with Crippen molar-refractivity contribution in [2.24, 2.45) is 0 Å². The standard InChI is InChI=1S/C17H27N3O4S/c1-14(15-4-6-16(7-5-15)25(3,22)23)18-17(21)20-10-8-19(9-11-20)12-13-24-2/h4-7,14H,8-13H2,1-3H3,(H,18,21). The molecule has 0 aliphatic carbocycles. The van der Waals surface area contributed by atoms with Gasteiger partial charge in [-0.1, -0.05) is 12.1 Å².